The van der Waals surface area contributed by atoms with E-state index in [1.807, 2.05) is 0 Å². The van der Waals surface area contributed by atoms with Crippen LogP contribution in [-0.4, -0.2) is 41.9 Å². The number of nitrogens with two attached hydrogens (primary N) is 1. The number of sulfone groups is 1. The first-order valence-electron chi connectivity index (χ1n) is 6.86. The van der Waals surface area contributed by atoms with Crippen molar-refractivity contribution >= 4 is 49.2 Å². The number of alkyl halides is 3. The molecule has 1 rings (SSSR count). The highest BCUT2D eigenvalue weighted by Crippen LogP contribution is 2.28. The van der Waals surface area contributed by atoms with Crippen molar-refractivity contribution in [2.75, 3.05) is 6.54 Å². The van der Waals surface area contributed by atoms with Gasteiger partial charge in [-0.2, -0.15) is 13.2 Å². The van der Waals surface area contributed by atoms with E-state index in [9.17, 15) is 26.4 Å². The fourth-order valence-corrected chi connectivity index (χ4v) is 3.62. The van der Waals surface area contributed by atoms with Gasteiger partial charge in [0.2, 0.25) is 0 Å². The number of carbonyl (C=O) groups is 1. The van der Waals surface area contributed by atoms with Crippen molar-refractivity contribution in [3.05, 3.63) is 29.3 Å². The van der Waals surface area contributed by atoms with Crippen LogP contribution in [0.4, 0.5) is 13.2 Å². The van der Waals surface area contributed by atoms with Crippen LogP contribution >= 0.6 is 23.4 Å². The second kappa shape index (κ2) is 7.97. The topological polar surface area (TPSA) is 113 Å². The van der Waals surface area contributed by atoms with Crippen molar-refractivity contribution in [3.63, 3.8) is 0 Å². The van der Waals surface area contributed by atoms with Gasteiger partial charge in [-0.3, -0.25) is 15.2 Å². The molecule has 0 spiro atoms. The van der Waals surface area contributed by atoms with E-state index in [2.05, 4.69) is 4.99 Å². The Labute approximate surface area is 157 Å². The summed E-state index contributed by atoms with van der Waals surface area (Å²) in [5, 5.41) is 4.75. The van der Waals surface area contributed by atoms with Gasteiger partial charge in [0.05, 0.1) is 4.90 Å². The highest BCUT2D eigenvalue weighted by molar-refractivity contribution is 8.26. The van der Waals surface area contributed by atoms with Gasteiger partial charge in [0.15, 0.2) is 25.8 Å². The Morgan fingerprint density at radius 2 is 1.77 bits per heavy atom. The van der Waals surface area contributed by atoms with E-state index in [4.69, 9.17) is 22.7 Å². The Kier molecular flexibility index (Phi) is 6.88. The Morgan fingerprint density at radius 3 is 2.23 bits per heavy atom. The predicted octanol–water partition coefficient (Wildman–Crippen LogP) is 3.05. The van der Waals surface area contributed by atoms with Gasteiger partial charge in [-0.1, -0.05) is 11.6 Å². The van der Waals surface area contributed by atoms with E-state index < -0.39 is 43.3 Å². The van der Waals surface area contributed by atoms with Crippen LogP contribution in [0.25, 0.3) is 0 Å². The third-order valence-electron chi connectivity index (χ3n) is 3.31. The molecule has 26 heavy (non-hydrogen) atoms. The Morgan fingerprint density at radius 1 is 1.27 bits per heavy atom. The molecule has 0 bridgehead atoms. The van der Waals surface area contributed by atoms with Gasteiger partial charge < -0.3 is 5.73 Å². The van der Waals surface area contributed by atoms with Crippen LogP contribution in [0.3, 0.4) is 0 Å². The number of carbonyl (C=O) groups excluding carboxylic acids is 1. The van der Waals surface area contributed by atoms with Crippen molar-refractivity contribution in [3.8, 4) is 0 Å². The summed E-state index contributed by atoms with van der Waals surface area (Å²) in [6.07, 6.45) is -4.88. The maximum absolute atomic E-state index is 12.6. The molecule has 0 aliphatic rings. The van der Waals surface area contributed by atoms with E-state index in [0.29, 0.717) is 5.02 Å². The minimum absolute atomic E-state index is 0.134. The van der Waals surface area contributed by atoms with Crippen molar-refractivity contribution < 1.29 is 26.4 Å². The average Bonchev–Trinajstić information content (AvgIpc) is 2.51. The average molecular weight is 430 g/mol. The number of hydrogen-bond acceptors (Lipinski definition) is 6. The fraction of sp³-hybridized carbons (Fsp3) is 0.357. The van der Waals surface area contributed by atoms with Crippen LogP contribution in [0.1, 0.15) is 13.8 Å². The molecule has 0 fully saturated rings. The second-order valence-electron chi connectivity index (χ2n) is 5.47. The van der Waals surface area contributed by atoms with E-state index in [-0.39, 0.29) is 16.7 Å². The van der Waals surface area contributed by atoms with Crippen molar-refractivity contribution in [2.24, 2.45) is 10.7 Å². The predicted molar refractivity (Wildman–Crippen MR) is 95.6 cm³/mol. The second-order valence-corrected chi connectivity index (χ2v) is 9.44. The number of thioether (sulfide) groups is 1. The lowest BCUT2D eigenvalue weighted by molar-refractivity contribution is -0.119. The van der Waals surface area contributed by atoms with Crippen molar-refractivity contribution in [1.82, 2.24) is 0 Å². The lowest BCUT2D eigenvalue weighted by Crippen LogP contribution is -2.42. The maximum Gasteiger partial charge on any atom is 0.439 e. The molecule has 0 aromatic heterocycles. The van der Waals surface area contributed by atoms with Gasteiger partial charge >= 0.3 is 6.18 Å². The van der Waals surface area contributed by atoms with E-state index >= 15 is 0 Å². The van der Waals surface area contributed by atoms with Gasteiger partial charge in [0.25, 0.3) is 0 Å². The Bertz CT molecular complexity index is 835. The standard InChI is InChI=1S/C14H15ClF3N3O3S2/c1-13(2,26(23,24)9-5-3-8(15)4-6-9)10(22)7-21-12(20)25-11(19)14(16,17)18/h3-6,19H,7H2,1-2H3,(H2,20,21). The van der Waals surface area contributed by atoms with Gasteiger partial charge in [-0.05, 0) is 49.9 Å². The number of nitrogens with zero attached hydrogens (tertiary/aromatic N) is 1. The third-order valence-corrected chi connectivity index (χ3v) is 6.80. The number of halogens is 4. The number of hydrogen-bond donors (Lipinski definition) is 2. The summed E-state index contributed by atoms with van der Waals surface area (Å²) < 4.78 is 60.1. The number of ketones is 1. The van der Waals surface area contributed by atoms with Gasteiger partial charge in [0.1, 0.15) is 11.3 Å². The molecular formula is C14H15ClF3N3O3S2. The maximum atomic E-state index is 12.6. The number of nitrogens with one attached hydrogen (secondary N) is 1. The smallest absolute Gasteiger partial charge is 0.378 e. The van der Waals surface area contributed by atoms with E-state index in [1.54, 1.807) is 0 Å². The lowest BCUT2D eigenvalue weighted by atomic mass is 10.1. The number of amidine groups is 1. The van der Waals surface area contributed by atoms with Crippen LogP contribution in [0, 0.1) is 5.41 Å². The first-order valence-corrected chi connectivity index (χ1v) is 9.54. The van der Waals surface area contributed by atoms with Gasteiger partial charge in [0, 0.05) is 5.02 Å². The Balaban J connectivity index is 2.95. The zero-order valence-corrected chi connectivity index (χ0v) is 16.0. The number of rotatable bonds is 5. The summed E-state index contributed by atoms with van der Waals surface area (Å²) in [6, 6.07) is 5.19. The quantitative estimate of drug-likeness (QED) is 0.551. The number of benzene rings is 1. The molecule has 0 aliphatic heterocycles. The highest BCUT2D eigenvalue weighted by Gasteiger charge is 2.42. The molecule has 12 heteroatoms. The molecule has 0 saturated heterocycles. The summed E-state index contributed by atoms with van der Waals surface area (Å²) in [7, 11) is -4.10. The summed E-state index contributed by atoms with van der Waals surface area (Å²) in [5.74, 6) is -0.866. The molecule has 0 saturated carbocycles. The molecular weight excluding hydrogens is 415 g/mol. The first-order chi connectivity index (χ1) is 11.7. The molecule has 0 atom stereocenters. The summed E-state index contributed by atoms with van der Waals surface area (Å²) in [6.45, 7) is 1.58. The summed E-state index contributed by atoms with van der Waals surface area (Å²) in [4.78, 5) is 15.6. The minimum atomic E-state index is -4.88. The van der Waals surface area contributed by atoms with Crippen LogP contribution in [-0.2, 0) is 14.6 Å². The molecule has 6 nitrogen and oxygen atoms in total. The Hall–Kier alpha value is -1.59. The SMILES string of the molecule is CC(C)(C(=O)CN=C(N)SC(=N)C(F)(F)F)S(=O)(=O)c1ccc(Cl)cc1. The fourth-order valence-electron chi connectivity index (χ4n) is 1.59. The van der Waals surface area contributed by atoms with Gasteiger partial charge in [-0.15, -0.1) is 0 Å². The van der Waals surface area contributed by atoms with Crippen LogP contribution in [0.5, 0.6) is 0 Å². The molecule has 0 heterocycles. The van der Waals surface area contributed by atoms with Crippen LogP contribution in [0.2, 0.25) is 5.02 Å². The molecule has 0 radical (unpaired) electrons. The highest BCUT2D eigenvalue weighted by atomic mass is 35.5. The largest absolute Gasteiger partial charge is 0.439 e. The first kappa shape index (κ1) is 22.5. The van der Waals surface area contributed by atoms with Gasteiger partial charge in [-0.25, -0.2) is 8.42 Å². The molecule has 1 aromatic carbocycles. The van der Waals surface area contributed by atoms with Crippen molar-refractivity contribution in [1.29, 1.82) is 5.41 Å². The zero-order valence-electron chi connectivity index (χ0n) is 13.6. The molecule has 0 amide bonds. The van der Waals surface area contributed by atoms with E-state index in [1.165, 1.54) is 24.3 Å². The monoisotopic (exact) mass is 429 g/mol. The number of aliphatic imine (C=N–C) groups is 1. The van der Waals surface area contributed by atoms with E-state index in [0.717, 1.165) is 13.8 Å². The molecule has 3 N–H and O–H groups in total. The van der Waals surface area contributed by atoms with Crippen LogP contribution < -0.4 is 5.73 Å². The van der Waals surface area contributed by atoms with Crippen LogP contribution in [0.15, 0.2) is 34.2 Å². The summed E-state index contributed by atoms with van der Waals surface area (Å²) in [5.41, 5.74) is 5.26. The lowest BCUT2D eigenvalue weighted by Gasteiger charge is -2.22. The normalized spacial score (nSPS) is 13.5. The molecule has 144 valence electrons. The number of Topliss-reactive ketones (excluding diaryl/α,β-unsaturated/α-hetero) is 1. The third kappa shape index (κ3) is 5.21. The zero-order chi connectivity index (χ0) is 20.3. The minimum Gasteiger partial charge on any atom is -0.378 e. The molecule has 0 unspecified atom stereocenters. The summed E-state index contributed by atoms with van der Waals surface area (Å²) >= 11 is 5.54. The molecule has 0 aliphatic carbocycles. The van der Waals surface area contributed by atoms with Crippen molar-refractivity contribution in [2.45, 2.75) is 29.7 Å². The molecule has 1 aromatic rings.